The average molecular weight is 347 g/mol. The quantitative estimate of drug-likeness (QED) is 0.757. The lowest BCUT2D eigenvalue weighted by molar-refractivity contribution is -0.174. The first-order valence-corrected chi connectivity index (χ1v) is 7.74. The van der Waals surface area contributed by atoms with Gasteiger partial charge in [-0.05, 0) is 17.5 Å². The molecule has 1 unspecified atom stereocenters. The number of thiophene rings is 1. The van der Waals surface area contributed by atoms with Crippen molar-refractivity contribution in [1.82, 2.24) is 5.32 Å². The summed E-state index contributed by atoms with van der Waals surface area (Å²) in [5.74, 6) is -0.465. The molecule has 1 amide bonds. The lowest BCUT2D eigenvalue weighted by atomic mass is 10.2. The molecule has 0 bridgehead atoms. The second-order valence-electron chi connectivity index (χ2n) is 4.92. The SMILES string of the molecule is O=C(CCOCC(F)(F)F)NCC(O)c1cc2ccccc2s1. The predicted octanol–water partition coefficient (Wildman–Crippen LogP) is 3.02. The van der Waals surface area contributed by atoms with Crippen LogP contribution in [-0.2, 0) is 9.53 Å². The van der Waals surface area contributed by atoms with Gasteiger partial charge in [-0.1, -0.05) is 18.2 Å². The fourth-order valence-corrected chi connectivity index (χ4v) is 2.97. The smallest absolute Gasteiger partial charge is 0.386 e. The third kappa shape index (κ3) is 5.81. The van der Waals surface area contributed by atoms with E-state index in [0.717, 1.165) is 15.0 Å². The van der Waals surface area contributed by atoms with Crippen LogP contribution in [0.25, 0.3) is 10.1 Å². The number of fused-ring (bicyclic) bond motifs is 1. The van der Waals surface area contributed by atoms with Gasteiger partial charge in [0, 0.05) is 22.5 Å². The van der Waals surface area contributed by atoms with Crippen LogP contribution in [0.5, 0.6) is 0 Å². The van der Waals surface area contributed by atoms with Crippen LogP contribution in [0.2, 0.25) is 0 Å². The molecule has 1 aromatic heterocycles. The maximum Gasteiger partial charge on any atom is 0.411 e. The van der Waals surface area contributed by atoms with Gasteiger partial charge in [0.25, 0.3) is 0 Å². The Bertz CT molecular complexity index is 624. The molecule has 8 heteroatoms. The van der Waals surface area contributed by atoms with Crippen LogP contribution in [-0.4, -0.2) is 36.9 Å². The number of carbonyl (C=O) groups excluding carboxylic acids is 1. The Morgan fingerprint density at radius 3 is 2.78 bits per heavy atom. The van der Waals surface area contributed by atoms with Crippen molar-refractivity contribution in [3.05, 3.63) is 35.2 Å². The van der Waals surface area contributed by atoms with E-state index in [1.54, 1.807) is 0 Å². The molecule has 2 N–H and O–H groups in total. The number of amides is 1. The molecule has 2 aromatic rings. The summed E-state index contributed by atoms with van der Waals surface area (Å²) in [6.07, 6.45) is -5.43. The zero-order valence-electron chi connectivity index (χ0n) is 12.1. The van der Waals surface area contributed by atoms with Gasteiger partial charge in [-0.25, -0.2) is 0 Å². The summed E-state index contributed by atoms with van der Waals surface area (Å²) in [6.45, 7) is -1.68. The summed E-state index contributed by atoms with van der Waals surface area (Å²) in [5.41, 5.74) is 0. The monoisotopic (exact) mass is 347 g/mol. The Labute approximate surface area is 134 Å². The van der Waals surface area contributed by atoms with Crippen molar-refractivity contribution in [3.63, 3.8) is 0 Å². The van der Waals surface area contributed by atoms with Crippen molar-refractivity contribution >= 4 is 27.3 Å². The van der Waals surface area contributed by atoms with Crippen LogP contribution in [0.4, 0.5) is 13.2 Å². The zero-order chi connectivity index (χ0) is 16.9. The van der Waals surface area contributed by atoms with E-state index in [-0.39, 0.29) is 19.6 Å². The number of rotatable bonds is 7. The number of ether oxygens (including phenoxy) is 1. The van der Waals surface area contributed by atoms with Gasteiger partial charge in [-0.3, -0.25) is 4.79 Å². The van der Waals surface area contributed by atoms with Gasteiger partial charge in [0.15, 0.2) is 0 Å². The largest absolute Gasteiger partial charge is 0.411 e. The first kappa shape index (κ1) is 17.7. The van der Waals surface area contributed by atoms with Gasteiger partial charge in [-0.15, -0.1) is 11.3 Å². The highest BCUT2D eigenvalue weighted by molar-refractivity contribution is 7.19. The number of aliphatic hydroxyl groups is 1. The number of halogens is 3. The molecule has 0 aliphatic carbocycles. The molecule has 0 radical (unpaired) electrons. The van der Waals surface area contributed by atoms with Crippen LogP contribution in [0.15, 0.2) is 30.3 Å². The summed E-state index contributed by atoms with van der Waals surface area (Å²) < 4.78 is 40.9. The first-order valence-electron chi connectivity index (χ1n) is 6.93. The second-order valence-corrected chi connectivity index (χ2v) is 6.04. The van der Waals surface area contributed by atoms with Gasteiger partial charge in [0.2, 0.25) is 5.91 Å². The lowest BCUT2D eigenvalue weighted by Gasteiger charge is -2.11. The van der Waals surface area contributed by atoms with Crippen LogP contribution < -0.4 is 5.32 Å². The summed E-state index contributed by atoms with van der Waals surface area (Å²) in [5, 5.41) is 13.6. The van der Waals surface area contributed by atoms with E-state index in [1.807, 2.05) is 30.3 Å². The van der Waals surface area contributed by atoms with Crippen molar-refractivity contribution in [3.8, 4) is 0 Å². The fraction of sp³-hybridized carbons (Fsp3) is 0.400. The standard InChI is InChI=1S/C15H16F3NO3S/c16-15(17,18)9-22-6-5-14(21)19-8-11(20)13-7-10-3-1-2-4-12(10)23-13/h1-4,7,11,20H,5-6,8-9H2,(H,19,21). The van der Waals surface area contributed by atoms with Crippen molar-refractivity contribution in [2.24, 2.45) is 0 Å². The van der Waals surface area contributed by atoms with E-state index < -0.39 is 24.8 Å². The van der Waals surface area contributed by atoms with E-state index in [1.165, 1.54) is 11.3 Å². The molecule has 2 rings (SSSR count). The maximum absolute atomic E-state index is 11.9. The van der Waals surface area contributed by atoms with E-state index in [0.29, 0.717) is 0 Å². The molecule has 0 aliphatic heterocycles. The maximum atomic E-state index is 11.9. The molecule has 0 saturated heterocycles. The van der Waals surface area contributed by atoms with Crippen molar-refractivity contribution in [2.75, 3.05) is 19.8 Å². The highest BCUT2D eigenvalue weighted by atomic mass is 32.1. The molecule has 23 heavy (non-hydrogen) atoms. The van der Waals surface area contributed by atoms with E-state index in [4.69, 9.17) is 0 Å². The number of nitrogens with one attached hydrogen (secondary N) is 1. The summed E-state index contributed by atoms with van der Waals surface area (Å²) in [6, 6.07) is 9.51. The van der Waals surface area contributed by atoms with Gasteiger partial charge in [0.1, 0.15) is 12.7 Å². The van der Waals surface area contributed by atoms with Crippen molar-refractivity contribution < 1.29 is 27.8 Å². The molecular weight excluding hydrogens is 331 g/mol. The minimum absolute atomic E-state index is 0.00489. The number of aliphatic hydroxyl groups excluding tert-OH is 1. The Morgan fingerprint density at radius 1 is 1.35 bits per heavy atom. The molecular formula is C15H16F3NO3S. The lowest BCUT2D eigenvalue weighted by Crippen LogP contribution is -2.29. The normalized spacial score (nSPS) is 13.2. The number of hydrogen-bond acceptors (Lipinski definition) is 4. The molecule has 126 valence electrons. The summed E-state index contributed by atoms with van der Waals surface area (Å²) in [4.78, 5) is 12.2. The highest BCUT2D eigenvalue weighted by Crippen LogP contribution is 2.29. The Balaban J connectivity index is 1.73. The number of alkyl halides is 3. The third-order valence-electron chi connectivity index (χ3n) is 3.00. The van der Waals surface area contributed by atoms with Crippen molar-refractivity contribution in [1.29, 1.82) is 0 Å². The molecule has 0 spiro atoms. The molecule has 0 aliphatic rings. The van der Waals surface area contributed by atoms with Crippen molar-refractivity contribution in [2.45, 2.75) is 18.7 Å². The second kappa shape index (κ2) is 7.76. The van der Waals surface area contributed by atoms with Crippen LogP contribution in [0.3, 0.4) is 0 Å². The molecule has 1 atom stereocenters. The van der Waals surface area contributed by atoms with E-state index in [9.17, 15) is 23.1 Å². The molecule has 0 fully saturated rings. The third-order valence-corrected chi connectivity index (χ3v) is 4.22. The topological polar surface area (TPSA) is 58.6 Å². The van der Waals surface area contributed by atoms with Gasteiger partial charge < -0.3 is 15.2 Å². The molecule has 1 aromatic carbocycles. The fourth-order valence-electron chi connectivity index (χ4n) is 1.92. The Hall–Kier alpha value is -1.64. The summed E-state index contributed by atoms with van der Waals surface area (Å²) >= 11 is 1.43. The molecule has 4 nitrogen and oxygen atoms in total. The Kier molecular flexibility index (Phi) is 5.97. The Morgan fingerprint density at radius 2 is 2.09 bits per heavy atom. The minimum atomic E-state index is -4.39. The van der Waals surface area contributed by atoms with Gasteiger partial charge >= 0.3 is 6.18 Å². The molecule has 1 heterocycles. The van der Waals surface area contributed by atoms with Gasteiger partial charge in [-0.2, -0.15) is 13.2 Å². The molecule has 0 saturated carbocycles. The van der Waals surface area contributed by atoms with Gasteiger partial charge in [0.05, 0.1) is 6.61 Å². The summed E-state index contributed by atoms with van der Waals surface area (Å²) in [7, 11) is 0. The number of carbonyl (C=O) groups is 1. The van der Waals surface area contributed by atoms with Crippen LogP contribution >= 0.6 is 11.3 Å². The minimum Gasteiger partial charge on any atom is -0.386 e. The average Bonchev–Trinajstić information content (AvgIpc) is 2.92. The van der Waals surface area contributed by atoms with Crippen LogP contribution in [0, 0.1) is 0 Å². The van der Waals surface area contributed by atoms with E-state index in [2.05, 4.69) is 10.1 Å². The van der Waals surface area contributed by atoms with E-state index >= 15 is 0 Å². The highest BCUT2D eigenvalue weighted by Gasteiger charge is 2.27. The number of hydrogen-bond donors (Lipinski definition) is 2. The predicted molar refractivity (Wildman–Crippen MR) is 81.3 cm³/mol. The zero-order valence-corrected chi connectivity index (χ0v) is 12.9. The first-order chi connectivity index (χ1) is 10.8. The van der Waals surface area contributed by atoms with Crippen LogP contribution in [0.1, 0.15) is 17.4 Å². The number of benzene rings is 1.